The van der Waals surface area contributed by atoms with Gasteiger partial charge in [-0.15, -0.1) is 0 Å². The van der Waals surface area contributed by atoms with E-state index in [2.05, 4.69) is 0 Å². The number of furan rings is 1. The molecule has 11 heteroatoms. The number of anilines is 1. The van der Waals surface area contributed by atoms with E-state index < -0.39 is 22.6 Å². The highest BCUT2D eigenvalue weighted by Crippen LogP contribution is 2.39. The molecular formula is C21H11F3N2O4S2. The van der Waals surface area contributed by atoms with Crippen LogP contribution in [0.1, 0.15) is 11.3 Å². The summed E-state index contributed by atoms with van der Waals surface area (Å²) >= 11 is 6.24. The lowest BCUT2D eigenvalue weighted by atomic mass is 10.1. The molecule has 1 aliphatic rings. The highest BCUT2D eigenvalue weighted by atomic mass is 32.2. The largest absolute Gasteiger partial charge is 0.457 e. The van der Waals surface area contributed by atoms with E-state index in [4.69, 9.17) is 16.6 Å². The predicted octanol–water partition coefficient (Wildman–Crippen LogP) is 6.28. The maximum atomic E-state index is 13.3. The summed E-state index contributed by atoms with van der Waals surface area (Å²) in [5.41, 5.74) is -0.707. The Morgan fingerprint density at radius 2 is 1.75 bits per heavy atom. The second-order valence-electron chi connectivity index (χ2n) is 6.54. The molecule has 0 unspecified atom stereocenters. The lowest BCUT2D eigenvalue weighted by Crippen LogP contribution is -2.27. The van der Waals surface area contributed by atoms with Crippen molar-refractivity contribution in [2.75, 3.05) is 4.90 Å². The number of alkyl halides is 3. The van der Waals surface area contributed by atoms with Crippen molar-refractivity contribution < 1.29 is 27.3 Å². The van der Waals surface area contributed by atoms with Crippen LogP contribution in [0.2, 0.25) is 0 Å². The molecule has 0 radical (unpaired) electrons. The first-order valence-electron chi connectivity index (χ1n) is 8.94. The van der Waals surface area contributed by atoms with Crippen molar-refractivity contribution >= 4 is 51.7 Å². The molecule has 1 saturated heterocycles. The quantitative estimate of drug-likeness (QED) is 0.191. The molecule has 32 heavy (non-hydrogen) atoms. The second kappa shape index (κ2) is 8.24. The fourth-order valence-electron chi connectivity index (χ4n) is 3.06. The Morgan fingerprint density at radius 3 is 2.41 bits per heavy atom. The van der Waals surface area contributed by atoms with Gasteiger partial charge in [0.2, 0.25) is 0 Å². The molecule has 1 fully saturated rings. The Kier molecular flexibility index (Phi) is 5.61. The van der Waals surface area contributed by atoms with Crippen LogP contribution >= 0.6 is 24.0 Å². The van der Waals surface area contributed by atoms with Crippen molar-refractivity contribution in [1.29, 1.82) is 0 Å². The Bertz CT molecular complexity index is 1270. The number of carbonyl (C=O) groups excluding carboxylic acids is 1. The molecule has 4 rings (SSSR count). The highest BCUT2D eigenvalue weighted by Gasteiger charge is 2.35. The molecule has 2 heterocycles. The van der Waals surface area contributed by atoms with Gasteiger partial charge < -0.3 is 4.42 Å². The molecule has 0 atom stereocenters. The zero-order valence-corrected chi connectivity index (χ0v) is 17.5. The summed E-state index contributed by atoms with van der Waals surface area (Å²) in [5, 5.41) is 10.8. The van der Waals surface area contributed by atoms with Gasteiger partial charge in [-0.1, -0.05) is 42.2 Å². The smallest absolute Gasteiger partial charge is 0.417 e. The molecule has 0 spiro atoms. The van der Waals surface area contributed by atoms with Crippen LogP contribution in [-0.2, 0) is 11.0 Å². The van der Waals surface area contributed by atoms with Crippen LogP contribution < -0.4 is 4.90 Å². The zero-order valence-electron chi connectivity index (χ0n) is 15.8. The number of nitro benzene ring substituents is 1. The zero-order chi connectivity index (χ0) is 23.0. The van der Waals surface area contributed by atoms with E-state index in [1.165, 1.54) is 65.6 Å². The lowest BCUT2D eigenvalue weighted by Gasteiger charge is -2.13. The summed E-state index contributed by atoms with van der Waals surface area (Å²) in [7, 11) is 0. The number of rotatable bonds is 4. The van der Waals surface area contributed by atoms with E-state index in [0.717, 1.165) is 17.8 Å². The van der Waals surface area contributed by atoms with Crippen LogP contribution in [0.15, 0.2) is 70.0 Å². The number of thiocarbonyl (C=S) groups is 1. The van der Waals surface area contributed by atoms with Crippen molar-refractivity contribution in [3.63, 3.8) is 0 Å². The molecule has 6 nitrogen and oxygen atoms in total. The van der Waals surface area contributed by atoms with Crippen LogP contribution in [0.5, 0.6) is 0 Å². The summed E-state index contributed by atoms with van der Waals surface area (Å²) in [4.78, 5) is 24.5. The number of amides is 1. The molecule has 3 aromatic rings. The molecular weight excluding hydrogens is 465 g/mol. The van der Waals surface area contributed by atoms with Gasteiger partial charge in [0.15, 0.2) is 4.32 Å². The van der Waals surface area contributed by atoms with Crippen molar-refractivity contribution in [2.24, 2.45) is 0 Å². The monoisotopic (exact) mass is 476 g/mol. The number of hydrogen-bond donors (Lipinski definition) is 0. The third-order valence-electron chi connectivity index (χ3n) is 4.51. The number of benzene rings is 2. The molecule has 0 saturated carbocycles. The minimum Gasteiger partial charge on any atom is -0.457 e. The van der Waals surface area contributed by atoms with Crippen molar-refractivity contribution in [3.8, 4) is 11.3 Å². The normalized spacial score (nSPS) is 15.6. The van der Waals surface area contributed by atoms with Gasteiger partial charge in [0.05, 0.1) is 21.1 Å². The molecule has 1 aromatic heterocycles. The first kappa shape index (κ1) is 21.8. The van der Waals surface area contributed by atoms with Crippen molar-refractivity contribution in [3.05, 3.63) is 87.0 Å². The highest BCUT2D eigenvalue weighted by molar-refractivity contribution is 8.27. The van der Waals surface area contributed by atoms with E-state index in [1.54, 1.807) is 0 Å². The Hall–Kier alpha value is -3.44. The van der Waals surface area contributed by atoms with Gasteiger partial charge in [-0.05, 0) is 30.3 Å². The average molecular weight is 476 g/mol. The maximum Gasteiger partial charge on any atom is 0.417 e. The Balaban J connectivity index is 1.61. The topological polar surface area (TPSA) is 76.6 Å². The lowest BCUT2D eigenvalue weighted by molar-refractivity contribution is -0.384. The minimum absolute atomic E-state index is 0.00928. The number of carbonyl (C=O) groups is 1. The fourth-order valence-corrected chi connectivity index (χ4v) is 4.34. The van der Waals surface area contributed by atoms with Crippen LogP contribution in [0.25, 0.3) is 17.4 Å². The van der Waals surface area contributed by atoms with Gasteiger partial charge >= 0.3 is 6.18 Å². The Morgan fingerprint density at radius 1 is 1.06 bits per heavy atom. The van der Waals surface area contributed by atoms with Gasteiger partial charge in [0.25, 0.3) is 11.6 Å². The summed E-state index contributed by atoms with van der Waals surface area (Å²) in [5.74, 6) is -0.279. The van der Waals surface area contributed by atoms with Crippen molar-refractivity contribution in [1.82, 2.24) is 0 Å². The average Bonchev–Trinajstić information content (AvgIpc) is 3.32. The maximum absolute atomic E-state index is 13.3. The predicted molar refractivity (Wildman–Crippen MR) is 118 cm³/mol. The van der Waals surface area contributed by atoms with Crippen LogP contribution in [-0.4, -0.2) is 15.2 Å². The SMILES string of the molecule is O=C1/C(=C/c2ccc(-c3ccccc3C(F)(F)F)o2)SC(=S)N1c1ccc([N+](=O)[O-])cc1. The summed E-state index contributed by atoms with van der Waals surface area (Å²) in [6.45, 7) is 0. The van der Waals surface area contributed by atoms with E-state index in [0.29, 0.717) is 5.69 Å². The summed E-state index contributed by atoms with van der Waals surface area (Å²) < 4.78 is 45.6. The third kappa shape index (κ3) is 4.16. The van der Waals surface area contributed by atoms with E-state index in [-0.39, 0.29) is 32.0 Å². The fraction of sp³-hybridized carbons (Fsp3) is 0.0476. The van der Waals surface area contributed by atoms with Crippen LogP contribution in [0.4, 0.5) is 24.5 Å². The van der Waals surface area contributed by atoms with Crippen LogP contribution in [0.3, 0.4) is 0 Å². The van der Waals surface area contributed by atoms with E-state index >= 15 is 0 Å². The number of non-ortho nitro benzene ring substituents is 1. The second-order valence-corrected chi connectivity index (χ2v) is 8.21. The van der Waals surface area contributed by atoms with E-state index in [1.807, 2.05) is 0 Å². The molecule has 2 aromatic carbocycles. The molecule has 1 aliphatic heterocycles. The molecule has 0 N–H and O–H groups in total. The minimum atomic E-state index is -4.54. The molecule has 162 valence electrons. The number of nitro groups is 1. The van der Waals surface area contributed by atoms with E-state index in [9.17, 15) is 28.1 Å². The van der Waals surface area contributed by atoms with Gasteiger partial charge in [0.1, 0.15) is 11.5 Å². The third-order valence-corrected chi connectivity index (χ3v) is 5.81. The van der Waals surface area contributed by atoms with Gasteiger partial charge in [-0.2, -0.15) is 13.2 Å². The number of halogens is 3. The van der Waals surface area contributed by atoms with Crippen LogP contribution in [0, 0.1) is 10.1 Å². The molecule has 1 amide bonds. The standard InChI is InChI=1S/C21H11F3N2O4S2/c22-21(23,24)16-4-2-1-3-15(16)17-10-9-14(30-17)11-18-19(27)25(20(31)32-18)12-5-7-13(8-6-12)26(28)29/h1-11H/b18-11-. The van der Waals surface area contributed by atoms with Crippen molar-refractivity contribution in [2.45, 2.75) is 6.18 Å². The first-order chi connectivity index (χ1) is 15.1. The molecule has 0 aliphatic carbocycles. The van der Waals surface area contributed by atoms with Gasteiger partial charge in [-0.3, -0.25) is 19.8 Å². The van der Waals surface area contributed by atoms with Gasteiger partial charge in [-0.25, -0.2) is 0 Å². The van der Waals surface area contributed by atoms with Gasteiger partial charge in [0, 0.05) is 23.8 Å². The molecule has 0 bridgehead atoms. The number of hydrogen-bond acceptors (Lipinski definition) is 6. The Labute approximate surface area is 188 Å². The summed E-state index contributed by atoms with van der Waals surface area (Å²) in [6, 6.07) is 13.2. The summed E-state index contributed by atoms with van der Waals surface area (Å²) in [6.07, 6.45) is -3.15. The first-order valence-corrected chi connectivity index (χ1v) is 10.2. The number of nitrogens with zero attached hydrogens (tertiary/aromatic N) is 2. The number of thioether (sulfide) groups is 1.